The first-order chi connectivity index (χ1) is 7.15. The Bertz CT molecular complexity index is 465. The third-order valence-corrected chi connectivity index (χ3v) is 4.56. The van der Waals surface area contributed by atoms with Crippen molar-refractivity contribution in [2.75, 3.05) is 0 Å². The van der Waals surface area contributed by atoms with Gasteiger partial charge in [-0.1, -0.05) is 0 Å². The SMILES string of the molecule is CC(Cl)C(C)(C)NS(=O)(=O)c1cnn(C)c1. The van der Waals surface area contributed by atoms with Crippen LogP contribution in [0.25, 0.3) is 0 Å². The van der Waals surface area contributed by atoms with Crippen molar-refractivity contribution in [1.29, 1.82) is 0 Å². The molecule has 0 fully saturated rings. The zero-order valence-electron chi connectivity index (χ0n) is 9.73. The van der Waals surface area contributed by atoms with E-state index in [2.05, 4.69) is 9.82 Å². The molecule has 1 aromatic rings. The van der Waals surface area contributed by atoms with Crippen molar-refractivity contribution in [3.05, 3.63) is 12.4 Å². The molecule has 92 valence electrons. The van der Waals surface area contributed by atoms with Gasteiger partial charge in [0.2, 0.25) is 10.0 Å². The minimum Gasteiger partial charge on any atom is -0.274 e. The summed E-state index contributed by atoms with van der Waals surface area (Å²) in [5.74, 6) is 0. The average molecular weight is 266 g/mol. The Kier molecular flexibility index (Phi) is 3.66. The Morgan fingerprint density at radius 1 is 1.56 bits per heavy atom. The van der Waals surface area contributed by atoms with Gasteiger partial charge >= 0.3 is 0 Å². The van der Waals surface area contributed by atoms with E-state index in [0.717, 1.165) is 0 Å². The van der Waals surface area contributed by atoms with Crippen LogP contribution in [0.1, 0.15) is 20.8 Å². The number of nitrogens with one attached hydrogen (secondary N) is 1. The summed E-state index contributed by atoms with van der Waals surface area (Å²) in [4.78, 5) is 0.139. The topological polar surface area (TPSA) is 64.0 Å². The first-order valence-corrected chi connectivity index (χ1v) is 6.74. The van der Waals surface area contributed by atoms with E-state index in [1.165, 1.54) is 17.1 Å². The molecule has 1 aromatic heterocycles. The Labute approximate surface area is 101 Å². The number of rotatable bonds is 4. The molecule has 0 radical (unpaired) electrons. The minimum atomic E-state index is -3.56. The quantitative estimate of drug-likeness (QED) is 0.830. The van der Waals surface area contributed by atoms with Gasteiger partial charge in [-0.05, 0) is 20.8 Å². The molecular formula is C9H16ClN3O2S. The van der Waals surface area contributed by atoms with Crippen LogP contribution in [0.3, 0.4) is 0 Å². The van der Waals surface area contributed by atoms with Crippen LogP contribution in [-0.4, -0.2) is 29.1 Å². The maximum Gasteiger partial charge on any atom is 0.244 e. The van der Waals surface area contributed by atoms with Crippen LogP contribution in [0, 0.1) is 0 Å². The van der Waals surface area contributed by atoms with E-state index < -0.39 is 15.6 Å². The second-order valence-corrected chi connectivity index (χ2v) is 6.63. The normalized spacial score (nSPS) is 15.1. The first kappa shape index (κ1) is 13.5. The lowest BCUT2D eigenvalue weighted by atomic mass is 10.0. The molecule has 0 aliphatic heterocycles. The average Bonchev–Trinajstić information content (AvgIpc) is 2.50. The van der Waals surface area contributed by atoms with Gasteiger partial charge in [0.15, 0.2) is 0 Å². The number of hydrogen-bond donors (Lipinski definition) is 1. The van der Waals surface area contributed by atoms with Gasteiger partial charge in [0, 0.05) is 24.2 Å². The Balaban J connectivity index is 2.97. The van der Waals surface area contributed by atoms with Crippen LogP contribution < -0.4 is 4.72 Å². The fourth-order valence-electron chi connectivity index (χ4n) is 1.02. The van der Waals surface area contributed by atoms with Crippen molar-refractivity contribution in [3.63, 3.8) is 0 Å². The van der Waals surface area contributed by atoms with Gasteiger partial charge < -0.3 is 0 Å². The maximum absolute atomic E-state index is 11.9. The molecule has 7 heteroatoms. The first-order valence-electron chi connectivity index (χ1n) is 4.82. The predicted octanol–water partition coefficient (Wildman–Crippen LogP) is 1.10. The van der Waals surface area contributed by atoms with Crippen LogP contribution in [0.5, 0.6) is 0 Å². The summed E-state index contributed by atoms with van der Waals surface area (Å²) < 4.78 is 27.9. The lowest BCUT2D eigenvalue weighted by molar-refractivity contribution is 0.445. The van der Waals surface area contributed by atoms with Gasteiger partial charge in [0.05, 0.1) is 6.20 Å². The maximum atomic E-state index is 11.9. The lowest BCUT2D eigenvalue weighted by Gasteiger charge is -2.28. The van der Waals surface area contributed by atoms with Crippen molar-refractivity contribution in [3.8, 4) is 0 Å². The molecule has 0 bridgehead atoms. The molecule has 0 aliphatic carbocycles. The largest absolute Gasteiger partial charge is 0.274 e. The fraction of sp³-hybridized carbons (Fsp3) is 0.667. The molecule has 1 atom stereocenters. The molecule has 1 unspecified atom stereocenters. The Morgan fingerprint density at radius 2 is 2.12 bits per heavy atom. The zero-order chi connectivity index (χ0) is 12.6. The van der Waals surface area contributed by atoms with E-state index in [1.54, 1.807) is 27.8 Å². The van der Waals surface area contributed by atoms with Crippen LogP contribution in [0.15, 0.2) is 17.3 Å². The molecule has 0 amide bonds. The van der Waals surface area contributed by atoms with E-state index in [0.29, 0.717) is 0 Å². The fourth-order valence-corrected chi connectivity index (χ4v) is 2.61. The summed E-state index contributed by atoms with van der Waals surface area (Å²) in [6.45, 7) is 5.21. The monoisotopic (exact) mass is 265 g/mol. The highest BCUT2D eigenvalue weighted by atomic mass is 35.5. The van der Waals surface area contributed by atoms with E-state index >= 15 is 0 Å². The highest BCUT2D eigenvalue weighted by Gasteiger charge is 2.30. The Morgan fingerprint density at radius 3 is 2.50 bits per heavy atom. The van der Waals surface area contributed by atoms with Crippen molar-refractivity contribution in [2.24, 2.45) is 7.05 Å². The summed E-state index contributed by atoms with van der Waals surface area (Å²) in [5, 5.41) is 3.50. The summed E-state index contributed by atoms with van der Waals surface area (Å²) >= 11 is 5.92. The van der Waals surface area contributed by atoms with E-state index in [4.69, 9.17) is 11.6 Å². The third-order valence-electron chi connectivity index (χ3n) is 2.38. The van der Waals surface area contributed by atoms with E-state index in [9.17, 15) is 8.42 Å². The number of hydrogen-bond acceptors (Lipinski definition) is 3. The summed E-state index contributed by atoms with van der Waals surface area (Å²) in [7, 11) is -1.90. The van der Waals surface area contributed by atoms with Gasteiger partial charge in [0.1, 0.15) is 4.90 Å². The standard InChI is InChI=1S/C9H16ClN3O2S/c1-7(10)9(2,3)12-16(14,15)8-5-11-13(4)6-8/h5-7,12H,1-4H3. The van der Waals surface area contributed by atoms with Gasteiger partial charge in [-0.25, -0.2) is 13.1 Å². The predicted molar refractivity (Wildman–Crippen MR) is 62.9 cm³/mol. The molecule has 0 aliphatic rings. The number of halogens is 1. The molecule has 1 heterocycles. The van der Waals surface area contributed by atoms with Crippen LogP contribution >= 0.6 is 11.6 Å². The molecule has 0 aromatic carbocycles. The summed E-state index contributed by atoms with van der Waals surface area (Å²) in [5.41, 5.74) is -0.712. The number of aromatic nitrogens is 2. The molecule has 1 rings (SSSR count). The molecular weight excluding hydrogens is 250 g/mol. The van der Waals surface area contributed by atoms with Crippen LogP contribution in [-0.2, 0) is 17.1 Å². The number of nitrogens with zero attached hydrogens (tertiary/aromatic N) is 2. The molecule has 1 N–H and O–H groups in total. The van der Waals surface area contributed by atoms with Crippen molar-refractivity contribution in [2.45, 2.75) is 36.6 Å². The van der Waals surface area contributed by atoms with E-state index in [-0.39, 0.29) is 10.3 Å². The summed E-state index contributed by atoms with van der Waals surface area (Å²) in [6.07, 6.45) is 2.74. The second-order valence-electron chi connectivity index (χ2n) is 4.29. The van der Waals surface area contributed by atoms with Crippen molar-refractivity contribution < 1.29 is 8.42 Å². The molecule has 0 saturated heterocycles. The Hall–Kier alpha value is -0.590. The molecule has 16 heavy (non-hydrogen) atoms. The van der Waals surface area contributed by atoms with Crippen molar-refractivity contribution >= 4 is 21.6 Å². The molecule has 5 nitrogen and oxygen atoms in total. The van der Waals surface area contributed by atoms with Gasteiger partial charge in [-0.2, -0.15) is 5.10 Å². The second kappa shape index (κ2) is 4.35. The van der Waals surface area contributed by atoms with Gasteiger partial charge in [-0.15, -0.1) is 11.6 Å². The highest BCUT2D eigenvalue weighted by molar-refractivity contribution is 7.89. The van der Waals surface area contributed by atoms with Crippen LogP contribution in [0.4, 0.5) is 0 Å². The number of alkyl halides is 1. The number of sulfonamides is 1. The third kappa shape index (κ3) is 2.96. The van der Waals surface area contributed by atoms with Crippen molar-refractivity contribution in [1.82, 2.24) is 14.5 Å². The lowest BCUT2D eigenvalue weighted by Crippen LogP contribution is -2.48. The van der Waals surface area contributed by atoms with Gasteiger partial charge in [0.25, 0.3) is 0 Å². The molecule has 0 spiro atoms. The molecule has 0 saturated carbocycles. The van der Waals surface area contributed by atoms with E-state index in [1.807, 2.05) is 0 Å². The van der Waals surface area contributed by atoms with Crippen LogP contribution in [0.2, 0.25) is 0 Å². The summed E-state index contributed by atoms with van der Waals surface area (Å²) in [6, 6.07) is 0. The van der Waals surface area contributed by atoms with Gasteiger partial charge in [-0.3, -0.25) is 4.68 Å². The minimum absolute atomic E-state index is 0.139. The smallest absolute Gasteiger partial charge is 0.244 e. The zero-order valence-corrected chi connectivity index (χ0v) is 11.3. The number of aryl methyl sites for hydroxylation is 1. The highest BCUT2D eigenvalue weighted by Crippen LogP contribution is 2.18.